The van der Waals surface area contributed by atoms with Gasteiger partial charge in [-0.15, -0.1) is 0 Å². The van der Waals surface area contributed by atoms with Gasteiger partial charge >= 0.3 is 0 Å². The zero-order chi connectivity index (χ0) is 13.1. The van der Waals surface area contributed by atoms with Crippen LogP contribution in [0.2, 0.25) is 0 Å². The van der Waals surface area contributed by atoms with Crippen molar-refractivity contribution in [1.29, 1.82) is 0 Å². The number of amides is 1. The molecule has 1 aliphatic heterocycles. The van der Waals surface area contributed by atoms with Crippen LogP contribution in [0.3, 0.4) is 0 Å². The Kier molecular flexibility index (Phi) is 3.18. The lowest BCUT2D eigenvalue weighted by Gasteiger charge is -2.25. The first-order valence-corrected chi connectivity index (χ1v) is 6.32. The van der Waals surface area contributed by atoms with Crippen LogP contribution in [-0.2, 0) is 17.8 Å². The Labute approximate surface area is 111 Å². The number of nitrogens with zero attached hydrogens (tertiary/aromatic N) is 1. The minimum atomic E-state index is -0.0437. The summed E-state index contributed by atoms with van der Waals surface area (Å²) >= 11 is 0. The molecule has 0 saturated carbocycles. The van der Waals surface area contributed by atoms with E-state index < -0.39 is 0 Å². The maximum absolute atomic E-state index is 12.1. The standard InChI is InChI=1S/C14H15N3O2/c18-14(16-9-12-5-6-17-19-12)11-7-10-3-1-2-4-13(10)15-8-11/h1-6,11,15H,7-9H2,(H,16,18). The summed E-state index contributed by atoms with van der Waals surface area (Å²) in [5, 5.41) is 9.77. The van der Waals surface area contributed by atoms with E-state index in [-0.39, 0.29) is 11.8 Å². The number of rotatable bonds is 3. The molecule has 1 amide bonds. The average molecular weight is 257 g/mol. The Bertz CT molecular complexity index is 566. The summed E-state index contributed by atoms with van der Waals surface area (Å²) in [6.07, 6.45) is 2.34. The predicted octanol–water partition coefficient (Wildman–Crippen LogP) is 1.58. The summed E-state index contributed by atoms with van der Waals surface area (Å²) in [4.78, 5) is 12.1. The molecular formula is C14H15N3O2. The van der Waals surface area contributed by atoms with Crippen LogP contribution in [0.15, 0.2) is 41.1 Å². The van der Waals surface area contributed by atoms with Crippen molar-refractivity contribution in [3.8, 4) is 0 Å². The number of anilines is 1. The van der Waals surface area contributed by atoms with Gasteiger partial charge in [0, 0.05) is 18.3 Å². The van der Waals surface area contributed by atoms with Gasteiger partial charge in [0.05, 0.1) is 18.7 Å². The Hall–Kier alpha value is -2.30. The molecule has 3 rings (SSSR count). The second-order valence-corrected chi connectivity index (χ2v) is 4.64. The molecule has 1 aliphatic rings. The van der Waals surface area contributed by atoms with E-state index in [0.29, 0.717) is 18.8 Å². The van der Waals surface area contributed by atoms with Gasteiger partial charge < -0.3 is 15.2 Å². The number of benzene rings is 1. The summed E-state index contributed by atoms with van der Waals surface area (Å²) < 4.78 is 4.95. The van der Waals surface area contributed by atoms with E-state index >= 15 is 0 Å². The molecule has 1 unspecified atom stereocenters. The van der Waals surface area contributed by atoms with Gasteiger partial charge in [-0.3, -0.25) is 4.79 Å². The Morgan fingerprint density at radius 3 is 3.16 bits per heavy atom. The Morgan fingerprint density at radius 2 is 2.32 bits per heavy atom. The van der Waals surface area contributed by atoms with Crippen molar-refractivity contribution in [3.63, 3.8) is 0 Å². The molecule has 98 valence electrons. The van der Waals surface area contributed by atoms with Gasteiger partial charge in [-0.05, 0) is 18.1 Å². The normalized spacial score (nSPS) is 17.4. The lowest BCUT2D eigenvalue weighted by atomic mass is 9.93. The zero-order valence-corrected chi connectivity index (χ0v) is 10.4. The molecule has 1 atom stereocenters. The van der Waals surface area contributed by atoms with Crippen LogP contribution in [0.25, 0.3) is 0 Å². The van der Waals surface area contributed by atoms with Crippen molar-refractivity contribution < 1.29 is 9.32 Å². The summed E-state index contributed by atoms with van der Waals surface area (Å²) in [6, 6.07) is 9.83. The van der Waals surface area contributed by atoms with Gasteiger partial charge in [0.1, 0.15) is 0 Å². The van der Waals surface area contributed by atoms with E-state index in [2.05, 4.69) is 21.9 Å². The second kappa shape index (κ2) is 5.14. The summed E-state index contributed by atoms with van der Waals surface area (Å²) in [5.41, 5.74) is 2.32. The highest BCUT2D eigenvalue weighted by atomic mass is 16.5. The third-order valence-corrected chi connectivity index (χ3v) is 3.32. The molecule has 0 spiro atoms. The van der Waals surface area contributed by atoms with Crippen molar-refractivity contribution >= 4 is 11.6 Å². The SMILES string of the molecule is O=C(NCc1ccno1)C1CNc2ccccc2C1. The largest absolute Gasteiger partial charge is 0.384 e. The number of aromatic nitrogens is 1. The van der Waals surface area contributed by atoms with Crippen LogP contribution in [0, 0.1) is 5.92 Å². The number of para-hydroxylation sites is 1. The fourth-order valence-electron chi connectivity index (χ4n) is 2.28. The predicted molar refractivity (Wildman–Crippen MR) is 70.5 cm³/mol. The highest BCUT2D eigenvalue weighted by Gasteiger charge is 2.24. The van der Waals surface area contributed by atoms with E-state index in [0.717, 1.165) is 12.1 Å². The molecule has 5 nitrogen and oxygen atoms in total. The van der Waals surface area contributed by atoms with Crippen LogP contribution in [0.4, 0.5) is 5.69 Å². The first kappa shape index (κ1) is 11.8. The number of carbonyl (C=O) groups excluding carboxylic acids is 1. The molecule has 1 aromatic carbocycles. The van der Waals surface area contributed by atoms with Crippen LogP contribution in [0.1, 0.15) is 11.3 Å². The lowest BCUT2D eigenvalue weighted by molar-refractivity contribution is -0.124. The fraction of sp³-hybridized carbons (Fsp3) is 0.286. The van der Waals surface area contributed by atoms with Crippen LogP contribution in [0.5, 0.6) is 0 Å². The third kappa shape index (κ3) is 2.59. The number of hydrogen-bond donors (Lipinski definition) is 2. The lowest BCUT2D eigenvalue weighted by Crippen LogP contribution is -2.37. The van der Waals surface area contributed by atoms with Crippen molar-refractivity contribution in [1.82, 2.24) is 10.5 Å². The fourth-order valence-corrected chi connectivity index (χ4v) is 2.28. The maximum Gasteiger partial charge on any atom is 0.225 e. The molecule has 5 heteroatoms. The van der Waals surface area contributed by atoms with Gasteiger partial charge in [-0.25, -0.2) is 0 Å². The first-order chi connectivity index (χ1) is 9.33. The molecule has 0 saturated heterocycles. The van der Waals surface area contributed by atoms with Gasteiger partial charge in [0.2, 0.25) is 5.91 Å². The van der Waals surface area contributed by atoms with Crippen LogP contribution < -0.4 is 10.6 Å². The van der Waals surface area contributed by atoms with E-state index in [1.54, 1.807) is 12.3 Å². The van der Waals surface area contributed by atoms with Gasteiger partial charge in [0.25, 0.3) is 0 Å². The van der Waals surface area contributed by atoms with Crippen molar-refractivity contribution in [2.24, 2.45) is 5.92 Å². The van der Waals surface area contributed by atoms with Crippen molar-refractivity contribution in [2.45, 2.75) is 13.0 Å². The van der Waals surface area contributed by atoms with E-state index in [1.807, 2.05) is 18.2 Å². The van der Waals surface area contributed by atoms with E-state index in [1.165, 1.54) is 5.56 Å². The number of fused-ring (bicyclic) bond motifs is 1. The highest BCUT2D eigenvalue weighted by Crippen LogP contribution is 2.24. The van der Waals surface area contributed by atoms with Crippen molar-refractivity contribution in [3.05, 3.63) is 47.9 Å². The monoisotopic (exact) mass is 257 g/mol. The van der Waals surface area contributed by atoms with Crippen molar-refractivity contribution in [2.75, 3.05) is 11.9 Å². The van der Waals surface area contributed by atoms with Crippen LogP contribution >= 0.6 is 0 Å². The maximum atomic E-state index is 12.1. The smallest absolute Gasteiger partial charge is 0.225 e. The average Bonchev–Trinajstić information content (AvgIpc) is 2.97. The Balaban J connectivity index is 1.60. The molecule has 2 heterocycles. The molecule has 0 bridgehead atoms. The minimum absolute atomic E-state index is 0.0402. The molecule has 1 aromatic heterocycles. The number of carbonyl (C=O) groups is 1. The minimum Gasteiger partial charge on any atom is -0.384 e. The highest BCUT2D eigenvalue weighted by molar-refractivity contribution is 5.80. The molecule has 2 aromatic rings. The molecule has 2 N–H and O–H groups in total. The number of nitrogens with one attached hydrogen (secondary N) is 2. The first-order valence-electron chi connectivity index (χ1n) is 6.32. The third-order valence-electron chi connectivity index (χ3n) is 3.32. The van der Waals surface area contributed by atoms with Gasteiger partial charge in [-0.1, -0.05) is 23.4 Å². The van der Waals surface area contributed by atoms with Crippen LogP contribution in [-0.4, -0.2) is 17.6 Å². The summed E-state index contributed by atoms with van der Waals surface area (Å²) in [7, 11) is 0. The summed E-state index contributed by atoms with van der Waals surface area (Å²) in [5.74, 6) is 0.661. The molecular weight excluding hydrogens is 242 g/mol. The topological polar surface area (TPSA) is 67.2 Å². The molecule has 19 heavy (non-hydrogen) atoms. The Morgan fingerprint density at radius 1 is 1.42 bits per heavy atom. The molecule has 0 fully saturated rings. The molecule has 0 aliphatic carbocycles. The quantitative estimate of drug-likeness (QED) is 0.876. The summed E-state index contributed by atoms with van der Waals surface area (Å²) in [6.45, 7) is 1.05. The van der Waals surface area contributed by atoms with E-state index in [4.69, 9.17) is 4.52 Å². The van der Waals surface area contributed by atoms with Gasteiger partial charge in [0.15, 0.2) is 5.76 Å². The second-order valence-electron chi connectivity index (χ2n) is 4.64. The zero-order valence-electron chi connectivity index (χ0n) is 10.4. The van der Waals surface area contributed by atoms with E-state index in [9.17, 15) is 4.79 Å². The number of hydrogen-bond acceptors (Lipinski definition) is 4. The molecule has 0 radical (unpaired) electrons. The van der Waals surface area contributed by atoms with Gasteiger partial charge in [-0.2, -0.15) is 0 Å².